The van der Waals surface area contributed by atoms with Crippen LogP contribution in [0.3, 0.4) is 0 Å². The van der Waals surface area contributed by atoms with Gasteiger partial charge >= 0.3 is 6.18 Å². The molecule has 0 N–H and O–H groups in total. The second-order valence-corrected chi connectivity index (χ2v) is 6.63. The Morgan fingerprint density at radius 3 is 2.44 bits per heavy atom. The lowest BCUT2D eigenvalue weighted by atomic mass is 10.1. The fourth-order valence-electron chi connectivity index (χ4n) is 2.17. The van der Waals surface area contributed by atoms with Crippen molar-refractivity contribution in [3.8, 4) is 11.5 Å². The Kier molecular flexibility index (Phi) is 6.14. The molecule has 2 aromatic rings. The lowest BCUT2D eigenvalue weighted by Crippen LogP contribution is -2.08. The van der Waals surface area contributed by atoms with Gasteiger partial charge in [0.1, 0.15) is 11.5 Å². The molecule has 0 aliphatic rings. The lowest BCUT2D eigenvalue weighted by Gasteiger charge is -2.13. The maximum absolute atomic E-state index is 12.7. The highest BCUT2D eigenvalue weighted by atomic mass is 35.7. The van der Waals surface area contributed by atoms with Crippen LogP contribution in [0.25, 0.3) is 0 Å². The molecule has 134 valence electrons. The minimum atomic E-state index is -4.52. The first-order chi connectivity index (χ1) is 11.7. The van der Waals surface area contributed by atoms with Crippen LogP contribution in [0.15, 0.2) is 30.3 Å². The molecule has 0 bridgehead atoms. The molecule has 0 heterocycles. The Labute approximate surface area is 152 Å². The van der Waals surface area contributed by atoms with Gasteiger partial charge in [-0.25, -0.2) is 0 Å². The molecule has 0 saturated carbocycles. The van der Waals surface area contributed by atoms with Crippen LogP contribution in [0.4, 0.5) is 18.9 Å². The van der Waals surface area contributed by atoms with Crippen molar-refractivity contribution in [2.24, 2.45) is 0 Å². The molecule has 10 heteroatoms. The number of halogens is 5. The quantitative estimate of drug-likeness (QED) is 0.340. The van der Waals surface area contributed by atoms with Crippen LogP contribution in [0.1, 0.15) is 18.1 Å². The van der Waals surface area contributed by atoms with Gasteiger partial charge in [-0.05, 0) is 36.8 Å². The van der Waals surface area contributed by atoms with Gasteiger partial charge < -0.3 is 4.74 Å². The monoisotopic (exact) mass is 411 g/mol. The van der Waals surface area contributed by atoms with E-state index in [2.05, 4.69) is 0 Å². The van der Waals surface area contributed by atoms with Crippen LogP contribution in [-0.4, -0.2) is 4.92 Å². The zero-order valence-corrected chi connectivity index (χ0v) is 15.2. The Hall–Kier alpha value is -1.56. The van der Waals surface area contributed by atoms with Gasteiger partial charge in [0.05, 0.1) is 20.8 Å². The molecule has 4 nitrogen and oxygen atoms in total. The number of hydrogen-bond donors (Lipinski definition) is 0. The summed E-state index contributed by atoms with van der Waals surface area (Å²) in [6, 6.07) is 5.54. The summed E-state index contributed by atoms with van der Waals surface area (Å²) in [5.41, 5.74) is -0.568. The summed E-state index contributed by atoms with van der Waals surface area (Å²) in [5, 5.41) is 11.3. The molecule has 2 rings (SSSR count). The SMILES string of the molecule is CCc1cc(Oc2ccc(C(F)(F)F)cc2Cl)cc(PCl)c1[N+](=O)[O-]. The van der Waals surface area contributed by atoms with E-state index in [1.807, 2.05) is 0 Å². The number of aryl methyl sites for hydroxylation is 1. The molecule has 0 aliphatic carbocycles. The minimum absolute atomic E-state index is 0.00873. The first kappa shape index (κ1) is 19.8. The predicted molar refractivity (Wildman–Crippen MR) is 92.8 cm³/mol. The van der Waals surface area contributed by atoms with Crippen molar-refractivity contribution < 1.29 is 22.8 Å². The molecular weight excluding hydrogens is 401 g/mol. The number of rotatable bonds is 5. The van der Waals surface area contributed by atoms with Crippen molar-refractivity contribution in [1.29, 1.82) is 0 Å². The van der Waals surface area contributed by atoms with Crippen molar-refractivity contribution in [3.05, 3.63) is 56.6 Å². The molecule has 0 aromatic heterocycles. The normalized spacial score (nSPS) is 11.9. The summed E-state index contributed by atoms with van der Waals surface area (Å²) in [6.45, 7) is 1.73. The summed E-state index contributed by atoms with van der Waals surface area (Å²) < 4.78 is 43.5. The Bertz CT molecular complexity index is 790. The third kappa shape index (κ3) is 4.54. The van der Waals surface area contributed by atoms with Crippen LogP contribution in [0.2, 0.25) is 5.02 Å². The van der Waals surface area contributed by atoms with Gasteiger partial charge in [0.15, 0.2) is 0 Å². The van der Waals surface area contributed by atoms with Crippen LogP contribution in [0, 0.1) is 10.1 Å². The zero-order chi connectivity index (χ0) is 18.8. The van der Waals surface area contributed by atoms with E-state index in [0.717, 1.165) is 18.2 Å². The van der Waals surface area contributed by atoms with Gasteiger partial charge in [-0.15, -0.1) is 0 Å². The second kappa shape index (κ2) is 7.77. The van der Waals surface area contributed by atoms with Gasteiger partial charge in [-0.3, -0.25) is 10.1 Å². The van der Waals surface area contributed by atoms with Crippen molar-refractivity contribution >= 4 is 41.8 Å². The van der Waals surface area contributed by atoms with Gasteiger partial charge in [0, 0.05) is 13.5 Å². The number of nitrogens with zero attached hydrogens (tertiary/aromatic N) is 1. The van der Waals surface area contributed by atoms with E-state index in [9.17, 15) is 23.3 Å². The molecule has 1 unspecified atom stereocenters. The third-order valence-electron chi connectivity index (χ3n) is 3.31. The van der Waals surface area contributed by atoms with E-state index in [-0.39, 0.29) is 35.4 Å². The largest absolute Gasteiger partial charge is 0.456 e. The Morgan fingerprint density at radius 2 is 1.96 bits per heavy atom. The summed E-state index contributed by atoms with van der Waals surface area (Å²) in [7, 11) is -0.365. The first-order valence-electron chi connectivity index (χ1n) is 6.90. The van der Waals surface area contributed by atoms with E-state index in [0.29, 0.717) is 12.0 Å². The maximum atomic E-state index is 12.7. The van der Waals surface area contributed by atoms with E-state index < -0.39 is 16.7 Å². The van der Waals surface area contributed by atoms with Crippen LogP contribution < -0.4 is 10.0 Å². The van der Waals surface area contributed by atoms with Gasteiger partial charge in [-0.1, -0.05) is 29.8 Å². The average molecular weight is 412 g/mol. The average Bonchev–Trinajstić information content (AvgIpc) is 2.54. The van der Waals surface area contributed by atoms with Gasteiger partial charge in [0.25, 0.3) is 5.69 Å². The molecule has 0 spiro atoms. The summed E-state index contributed by atoms with van der Waals surface area (Å²) >= 11 is 11.7. The molecular formula is C15H11Cl2F3NO3P. The van der Waals surface area contributed by atoms with Crippen molar-refractivity contribution in [1.82, 2.24) is 0 Å². The topological polar surface area (TPSA) is 52.4 Å². The highest BCUT2D eigenvalue weighted by Gasteiger charge is 2.31. The summed E-state index contributed by atoms with van der Waals surface area (Å²) in [4.78, 5) is 10.7. The lowest BCUT2D eigenvalue weighted by molar-refractivity contribution is -0.384. The number of hydrogen-bond acceptors (Lipinski definition) is 3. The highest BCUT2D eigenvalue weighted by molar-refractivity contribution is 7.75. The van der Waals surface area contributed by atoms with Crippen molar-refractivity contribution in [2.45, 2.75) is 19.5 Å². The molecule has 0 fully saturated rings. The van der Waals surface area contributed by atoms with Crippen LogP contribution in [-0.2, 0) is 12.6 Å². The van der Waals surface area contributed by atoms with E-state index in [4.69, 9.17) is 27.6 Å². The van der Waals surface area contributed by atoms with E-state index >= 15 is 0 Å². The number of nitro groups is 1. The molecule has 1 atom stereocenters. The van der Waals surface area contributed by atoms with Crippen molar-refractivity contribution in [2.75, 3.05) is 0 Å². The standard InChI is InChI=1S/C15H11Cl2F3NO3P/c1-2-8-5-10(7-13(25-17)14(8)21(22)23)24-12-4-3-9(6-11(12)16)15(18,19)20/h3-7,25H,2H2,1H3. The molecule has 25 heavy (non-hydrogen) atoms. The Balaban J connectivity index is 2.42. The van der Waals surface area contributed by atoms with Crippen LogP contribution in [0.5, 0.6) is 11.5 Å². The van der Waals surface area contributed by atoms with Gasteiger partial charge in [-0.2, -0.15) is 13.2 Å². The smallest absolute Gasteiger partial charge is 0.416 e. The number of nitro benzene ring substituents is 1. The first-order valence-corrected chi connectivity index (χ1v) is 9.29. The number of ether oxygens (including phenoxy) is 1. The molecule has 2 aromatic carbocycles. The summed E-state index contributed by atoms with van der Waals surface area (Å²) in [6.07, 6.45) is -4.15. The van der Waals surface area contributed by atoms with Gasteiger partial charge in [0.2, 0.25) is 0 Å². The Morgan fingerprint density at radius 1 is 1.28 bits per heavy atom. The fourth-order valence-corrected chi connectivity index (χ4v) is 3.36. The van der Waals surface area contributed by atoms with E-state index in [1.54, 1.807) is 6.92 Å². The second-order valence-electron chi connectivity index (χ2n) is 4.93. The fraction of sp³-hybridized carbons (Fsp3) is 0.200. The maximum Gasteiger partial charge on any atom is 0.416 e. The summed E-state index contributed by atoms with van der Waals surface area (Å²) in [5.74, 6) is 0.224. The van der Waals surface area contributed by atoms with Crippen molar-refractivity contribution in [3.63, 3.8) is 0 Å². The minimum Gasteiger partial charge on any atom is -0.456 e. The predicted octanol–water partition coefficient (Wildman–Crippen LogP) is 6.08. The molecule has 0 amide bonds. The van der Waals surface area contributed by atoms with E-state index in [1.165, 1.54) is 12.1 Å². The number of alkyl halides is 3. The van der Waals surface area contributed by atoms with Crippen LogP contribution >= 0.6 is 30.8 Å². The third-order valence-corrected chi connectivity index (χ3v) is 4.81. The number of benzene rings is 2. The zero-order valence-electron chi connectivity index (χ0n) is 12.7. The molecule has 0 aliphatic heterocycles. The molecule has 0 radical (unpaired) electrons. The molecule has 0 saturated heterocycles. The highest BCUT2D eigenvalue weighted by Crippen LogP contribution is 2.38.